The fourth-order valence-corrected chi connectivity index (χ4v) is 5.12. The summed E-state index contributed by atoms with van der Waals surface area (Å²) >= 11 is 1.49. The Hall–Kier alpha value is -3.96. The van der Waals surface area contributed by atoms with Gasteiger partial charge < -0.3 is 14.6 Å². The predicted octanol–water partition coefficient (Wildman–Crippen LogP) is 3.83. The van der Waals surface area contributed by atoms with Crippen LogP contribution in [0.15, 0.2) is 67.1 Å². The third-order valence-electron chi connectivity index (χ3n) is 5.90. The quantitative estimate of drug-likeness (QED) is 0.495. The van der Waals surface area contributed by atoms with Crippen molar-refractivity contribution in [1.82, 2.24) is 19.6 Å². The van der Waals surface area contributed by atoms with Gasteiger partial charge in [0.15, 0.2) is 0 Å². The minimum absolute atomic E-state index is 0.0223. The van der Waals surface area contributed by atoms with Gasteiger partial charge in [-0.05, 0) is 60.5 Å². The second-order valence-electron chi connectivity index (χ2n) is 8.04. The predicted molar refractivity (Wildman–Crippen MR) is 125 cm³/mol. The summed E-state index contributed by atoms with van der Waals surface area (Å²) in [6, 6.07) is 16.6. The number of hydrogen-bond donors (Lipinski definition) is 1. The summed E-state index contributed by atoms with van der Waals surface area (Å²) in [5.74, 6) is 0.102. The second-order valence-corrected chi connectivity index (χ2v) is 9.15. The van der Waals surface area contributed by atoms with E-state index < -0.39 is 0 Å². The molecule has 1 saturated heterocycles. The van der Waals surface area contributed by atoms with E-state index in [4.69, 9.17) is 5.26 Å². The molecule has 1 aliphatic heterocycles. The van der Waals surface area contributed by atoms with Gasteiger partial charge in [-0.3, -0.25) is 9.59 Å². The molecule has 1 atom stereocenters. The van der Waals surface area contributed by atoms with Crippen molar-refractivity contribution in [2.24, 2.45) is 0 Å². The molecule has 0 aliphatic carbocycles. The highest BCUT2D eigenvalue weighted by atomic mass is 32.1. The van der Waals surface area contributed by atoms with Crippen molar-refractivity contribution >= 4 is 28.8 Å². The van der Waals surface area contributed by atoms with Crippen LogP contribution in [0.5, 0.6) is 0 Å². The molecule has 3 aromatic heterocycles. The second kappa shape index (κ2) is 8.88. The van der Waals surface area contributed by atoms with Crippen LogP contribution < -0.4 is 5.32 Å². The summed E-state index contributed by atoms with van der Waals surface area (Å²) < 4.78 is 1.92. The van der Waals surface area contributed by atoms with Crippen LogP contribution in [0.1, 0.15) is 48.4 Å². The Labute approximate surface area is 194 Å². The molecule has 1 aromatic carbocycles. The summed E-state index contributed by atoms with van der Waals surface area (Å²) in [6.07, 6.45) is 6.42. The smallest absolute Gasteiger partial charge is 0.261 e. The first-order chi connectivity index (χ1) is 16.1. The van der Waals surface area contributed by atoms with Crippen molar-refractivity contribution in [3.8, 4) is 6.07 Å². The number of pyridine rings is 1. The summed E-state index contributed by atoms with van der Waals surface area (Å²) in [6.45, 7) is 1.75. The number of aromatic nitrogens is 2. The number of benzene rings is 1. The van der Waals surface area contributed by atoms with Crippen molar-refractivity contribution in [2.75, 3.05) is 13.1 Å². The Bertz CT molecular complexity index is 1370. The fourth-order valence-electron chi connectivity index (χ4n) is 4.07. The van der Waals surface area contributed by atoms with Gasteiger partial charge in [-0.15, -0.1) is 11.3 Å². The van der Waals surface area contributed by atoms with E-state index in [0.29, 0.717) is 35.6 Å². The van der Waals surface area contributed by atoms with E-state index in [0.717, 1.165) is 22.5 Å². The van der Waals surface area contributed by atoms with Crippen LogP contribution in [0.3, 0.4) is 0 Å². The monoisotopic (exact) mass is 455 g/mol. The van der Waals surface area contributed by atoms with Crippen molar-refractivity contribution in [1.29, 1.82) is 5.26 Å². The molecule has 4 heterocycles. The summed E-state index contributed by atoms with van der Waals surface area (Å²) in [4.78, 5) is 33.4. The Morgan fingerprint density at radius 2 is 2.00 bits per heavy atom. The first kappa shape index (κ1) is 20.9. The van der Waals surface area contributed by atoms with Crippen molar-refractivity contribution < 1.29 is 9.59 Å². The largest absolute Gasteiger partial charge is 0.347 e. The molecule has 8 heteroatoms. The third-order valence-corrected chi connectivity index (χ3v) is 7.15. The lowest BCUT2D eigenvalue weighted by molar-refractivity contribution is 0.0790. The molecule has 33 heavy (non-hydrogen) atoms. The van der Waals surface area contributed by atoms with Gasteiger partial charge in [0.05, 0.1) is 16.5 Å². The molecule has 4 aromatic rings. The molecule has 0 saturated carbocycles. The zero-order valence-electron chi connectivity index (χ0n) is 17.8. The fraction of sp³-hybridized carbons (Fsp3) is 0.200. The number of carbonyl (C=O) groups excluding carboxylic acids is 2. The van der Waals surface area contributed by atoms with E-state index in [1.54, 1.807) is 30.5 Å². The number of nitrogens with zero attached hydrogens (tertiary/aromatic N) is 4. The van der Waals surface area contributed by atoms with Crippen molar-refractivity contribution in [2.45, 2.75) is 18.9 Å². The van der Waals surface area contributed by atoms with Gasteiger partial charge in [-0.2, -0.15) is 5.26 Å². The van der Waals surface area contributed by atoms with Crippen LogP contribution >= 0.6 is 11.3 Å². The Balaban J connectivity index is 1.19. The van der Waals surface area contributed by atoms with Crippen LogP contribution in [0, 0.1) is 11.3 Å². The Morgan fingerprint density at radius 3 is 2.82 bits per heavy atom. The number of nitrogens with one attached hydrogen (secondary N) is 1. The molecule has 0 radical (unpaired) electrons. The highest BCUT2D eigenvalue weighted by molar-refractivity contribution is 7.14. The first-order valence-corrected chi connectivity index (χ1v) is 11.5. The number of imidazole rings is 1. The van der Waals surface area contributed by atoms with Crippen LogP contribution in [0.2, 0.25) is 0 Å². The van der Waals surface area contributed by atoms with Gasteiger partial charge in [0.1, 0.15) is 5.65 Å². The van der Waals surface area contributed by atoms with E-state index >= 15 is 0 Å². The number of nitriles is 1. The highest BCUT2D eigenvalue weighted by Gasteiger charge is 2.29. The average molecular weight is 456 g/mol. The van der Waals surface area contributed by atoms with E-state index in [9.17, 15) is 9.59 Å². The van der Waals surface area contributed by atoms with Gasteiger partial charge in [0.2, 0.25) is 0 Å². The molecule has 1 unspecified atom stereocenters. The highest BCUT2D eigenvalue weighted by Crippen LogP contribution is 2.33. The van der Waals surface area contributed by atoms with Gasteiger partial charge in [0.25, 0.3) is 11.8 Å². The third kappa shape index (κ3) is 4.36. The number of hydrogen-bond acceptors (Lipinski definition) is 5. The lowest BCUT2D eigenvalue weighted by Crippen LogP contribution is -2.28. The molecule has 1 fully saturated rings. The minimum Gasteiger partial charge on any atom is -0.347 e. The molecule has 5 rings (SSSR count). The SMILES string of the molecule is N#Cc1ccc(C(=O)N2CCC(c3ccc(C(=O)NCc4ccn5ccnc5c4)s3)C2)cc1. The maximum atomic E-state index is 12.8. The Kier molecular flexibility index (Phi) is 5.63. The molecule has 1 N–H and O–H groups in total. The Morgan fingerprint density at radius 1 is 1.15 bits per heavy atom. The van der Waals surface area contributed by atoms with Crippen molar-refractivity contribution in [3.05, 3.63) is 93.6 Å². The zero-order chi connectivity index (χ0) is 22.8. The number of likely N-dealkylation sites (tertiary alicyclic amines) is 1. The number of fused-ring (bicyclic) bond motifs is 1. The van der Waals surface area contributed by atoms with Gasteiger partial charge >= 0.3 is 0 Å². The average Bonchev–Trinajstić information content (AvgIpc) is 3.61. The molecule has 164 valence electrons. The molecular weight excluding hydrogens is 434 g/mol. The van der Waals surface area contributed by atoms with E-state index in [1.165, 1.54) is 11.3 Å². The molecule has 1 aliphatic rings. The molecule has 7 nitrogen and oxygen atoms in total. The number of rotatable bonds is 5. The molecule has 2 amide bonds. The zero-order valence-corrected chi connectivity index (χ0v) is 18.6. The van der Waals surface area contributed by atoms with E-state index in [2.05, 4.69) is 16.4 Å². The van der Waals surface area contributed by atoms with Gasteiger partial charge in [-0.1, -0.05) is 0 Å². The minimum atomic E-state index is -0.0991. The lowest BCUT2D eigenvalue weighted by Gasteiger charge is -2.16. The van der Waals surface area contributed by atoms with Crippen LogP contribution in [0.4, 0.5) is 0 Å². The van der Waals surface area contributed by atoms with Crippen molar-refractivity contribution in [3.63, 3.8) is 0 Å². The maximum absolute atomic E-state index is 12.8. The van der Waals surface area contributed by atoms with Crippen LogP contribution in [0.25, 0.3) is 5.65 Å². The standard InChI is InChI=1S/C25H21N5O2S/c26-14-17-1-3-19(4-2-17)25(32)30-11-8-20(16-30)21-5-6-22(33-21)24(31)28-15-18-7-10-29-12-9-27-23(29)13-18/h1-7,9-10,12-13,20H,8,11,15-16H2,(H,28,31). The number of amides is 2. The van der Waals surface area contributed by atoms with Crippen LogP contribution in [-0.4, -0.2) is 39.2 Å². The number of carbonyl (C=O) groups is 2. The normalized spacial score (nSPS) is 15.5. The summed E-state index contributed by atoms with van der Waals surface area (Å²) in [5.41, 5.74) is 2.97. The molecule has 0 spiro atoms. The molecule has 0 bridgehead atoms. The lowest BCUT2D eigenvalue weighted by atomic mass is 10.1. The topological polar surface area (TPSA) is 90.5 Å². The molecular formula is C25H21N5O2S. The number of thiophene rings is 1. The van der Waals surface area contributed by atoms with E-state index in [-0.39, 0.29) is 17.7 Å². The maximum Gasteiger partial charge on any atom is 0.261 e. The van der Waals surface area contributed by atoms with Gasteiger partial charge in [-0.25, -0.2) is 4.98 Å². The van der Waals surface area contributed by atoms with E-state index in [1.807, 2.05) is 46.0 Å². The summed E-state index contributed by atoms with van der Waals surface area (Å²) in [5, 5.41) is 11.9. The van der Waals surface area contributed by atoms with Gasteiger partial charge in [0, 0.05) is 54.6 Å². The van der Waals surface area contributed by atoms with Crippen LogP contribution in [-0.2, 0) is 6.54 Å². The summed E-state index contributed by atoms with van der Waals surface area (Å²) in [7, 11) is 0. The first-order valence-electron chi connectivity index (χ1n) is 10.7.